The third-order valence-electron chi connectivity index (χ3n) is 5.31. The number of para-hydroxylation sites is 2. The van der Waals surface area contributed by atoms with E-state index in [9.17, 15) is 13.2 Å². The number of anilines is 4. The summed E-state index contributed by atoms with van der Waals surface area (Å²) < 4.78 is 52.8. The van der Waals surface area contributed by atoms with Gasteiger partial charge in [0, 0.05) is 11.9 Å². The van der Waals surface area contributed by atoms with E-state index in [-0.39, 0.29) is 24.0 Å². The van der Waals surface area contributed by atoms with Crippen LogP contribution in [0.3, 0.4) is 0 Å². The number of benzene rings is 2. The molecule has 3 aromatic rings. The predicted octanol–water partition coefficient (Wildman–Crippen LogP) is 7.09. The maximum Gasteiger partial charge on any atom is 0.421 e. The SMILES string of the molecule is CC(C)Oc1ccc(Nc2ncc(C(F)(F)F)c(Nc3ccccc3OC3CCCC3)n2)cc1. The second-order valence-corrected chi connectivity index (χ2v) is 8.42. The molecule has 0 aliphatic heterocycles. The van der Waals surface area contributed by atoms with E-state index in [1.165, 1.54) is 0 Å². The van der Waals surface area contributed by atoms with Crippen LogP contribution in [0.2, 0.25) is 0 Å². The van der Waals surface area contributed by atoms with Crippen LogP contribution in [-0.2, 0) is 6.18 Å². The van der Waals surface area contributed by atoms with Crippen LogP contribution in [0.1, 0.15) is 45.1 Å². The van der Waals surface area contributed by atoms with Crippen LogP contribution in [-0.4, -0.2) is 22.2 Å². The fourth-order valence-corrected chi connectivity index (χ4v) is 3.75. The molecule has 0 atom stereocenters. The van der Waals surface area contributed by atoms with Crippen molar-refractivity contribution in [1.29, 1.82) is 0 Å². The average Bonchev–Trinajstić information content (AvgIpc) is 3.29. The van der Waals surface area contributed by atoms with Crippen LogP contribution in [0, 0.1) is 0 Å². The Morgan fingerprint density at radius 1 is 0.971 bits per heavy atom. The van der Waals surface area contributed by atoms with Gasteiger partial charge in [-0.25, -0.2) is 4.98 Å². The minimum absolute atomic E-state index is 0.0298. The smallest absolute Gasteiger partial charge is 0.421 e. The van der Waals surface area contributed by atoms with E-state index in [1.54, 1.807) is 48.5 Å². The number of alkyl halides is 3. The van der Waals surface area contributed by atoms with Crippen molar-refractivity contribution < 1.29 is 22.6 Å². The monoisotopic (exact) mass is 472 g/mol. The van der Waals surface area contributed by atoms with Crippen molar-refractivity contribution >= 4 is 23.1 Å². The minimum Gasteiger partial charge on any atom is -0.491 e. The Morgan fingerprint density at radius 2 is 1.68 bits per heavy atom. The Labute approximate surface area is 196 Å². The molecule has 1 fully saturated rings. The summed E-state index contributed by atoms with van der Waals surface area (Å²) in [5.74, 6) is 0.862. The largest absolute Gasteiger partial charge is 0.491 e. The number of ether oxygens (including phenoxy) is 2. The molecule has 1 heterocycles. The number of hydrogen-bond donors (Lipinski definition) is 2. The molecule has 9 heteroatoms. The molecule has 34 heavy (non-hydrogen) atoms. The van der Waals surface area contributed by atoms with Crippen LogP contribution in [0.25, 0.3) is 0 Å². The molecule has 0 radical (unpaired) electrons. The summed E-state index contributed by atoms with van der Waals surface area (Å²) >= 11 is 0. The third-order valence-corrected chi connectivity index (χ3v) is 5.31. The van der Waals surface area contributed by atoms with Gasteiger partial charge in [0.05, 0.1) is 17.9 Å². The Balaban J connectivity index is 1.58. The fourth-order valence-electron chi connectivity index (χ4n) is 3.75. The zero-order valence-corrected chi connectivity index (χ0v) is 19.0. The lowest BCUT2D eigenvalue weighted by molar-refractivity contribution is -0.137. The highest BCUT2D eigenvalue weighted by Gasteiger charge is 2.35. The molecule has 1 aliphatic carbocycles. The normalized spacial score (nSPS) is 14.3. The van der Waals surface area contributed by atoms with Crippen molar-refractivity contribution in [2.75, 3.05) is 10.6 Å². The Morgan fingerprint density at radius 3 is 2.35 bits per heavy atom. The third kappa shape index (κ3) is 6.09. The Bertz CT molecular complexity index is 1100. The van der Waals surface area contributed by atoms with E-state index in [0.717, 1.165) is 31.9 Å². The highest BCUT2D eigenvalue weighted by molar-refractivity contribution is 5.67. The summed E-state index contributed by atoms with van der Waals surface area (Å²) in [5.41, 5.74) is 0.0703. The number of halogens is 3. The molecule has 1 aliphatic rings. The minimum atomic E-state index is -4.63. The molecule has 180 valence electrons. The van der Waals surface area contributed by atoms with Crippen molar-refractivity contribution in [3.63, 3.8) is 0 Å². The topological polar surface area (TPSA) is 68.3 Å². The second-order valence-electron chi connectivity index (χ2n) is 8.42. The van der Waals surface area contributed by atoms with Gasteiger partial charge in [-0.1, -0.05) is 12.1 Å². The highest BCUT2D eigenvalue weighted by atomic mass is 19.4. The summed E-state index contributed by atoms with van der Waals surface area (Å²) in [6.45, 7) is 3.85. The number of aromatic nitrogens is 2. The summed E-state index contributed by atoms with van der Waals surface area (Å²) in [4.78, 5) is 8.01. The Kier molecular flexibility index (Phi) is 7.09. The van der Waals surface area contributed by atoms with E-state index in [0.29, 0.717) is 22.9 Å². The van der Waals surface area contributed by atoms with Crippen molar-refractivity contribution in [2.45, 2.75) is 57.9 Å². The molecule has 0 spiro atoms. The number of rotatable bonds is 8. The van der Waals surface area contributed by atoms with E-state index >= 15 is 0 Å². The fraction of sp³-hybridized carbons (Fsp3) is 0.360. The van der Waals surface area contributed by atoms with Gasteiger partial charge in [-0.05, 0) is 75.9 Å². The molecule has 0 bridgehead atoms. The van der Waals surface area contributed by atoms with E-state index in [1.807, 2.05) is 13.8 Å². The van der Waals surface area contributed by atoms with Gasteiger partial charge >= 0.3 is 6.18 Å². The first-order valence-corrected chi connectivity index (χ1v) is 11.3. The van der Waals surface area contributed by atoms with E-state index < -0.39 is 11.7 Å². The molecule has 0 amide bonds. The van der Waals surface area contributed by atoms with Crippen LogP contribution < -0.4 is 20.1 Å². The van der Waals surface area contributed by atoms with Crippen molar-refractivity contribution in [3.05, 3.63) is 60.3 Å². The molecular weight excluding hydrogens is 445 g/mol. The Hall–Kier alpha value is -3.49. The van der Waals surface area contributed by atoms with Gasteiger partial charge < -0.3 is 20.1 Å². The van der Waals surface area contributed by atoms with E-state index in [4.69, 9.17) is 9.47 Å². The molecule has 1 aromatic heterocycles. The first kappa shape index (κ1) is 23.7. The summed E-state index contributed by atoms with van der Waals surface area (Å²) in [6.07, 6.45) is 0.289. The van der Waals surface area contributed by atoms with Crippen LogP contribution in [0.15, 0.2) is 54.7 Å². The lowest BCUT2D eigenvalue weighted by Crippen LogP contribution is -2.14. The number of hydrogen-bond acceptors (Lipinski definition) is 6. The van der Waals surface area contributed by atoms with E-state index in [2.05, 4.69) is 20.6 Å². The van der Waals surface area contributed by atoms with Gasteiger partial charge in [0.1, 0.15) is 22.9 Å². The van der Waals surface area contributed by atoms with Crippen molar-refractivity contribution in [1.82, 2.24) is 9.97 Å². The molecule has 0 saturated heterocycles. The number of nitrogens with one attached hydrogen (secondary N) is 2. The van der Waals surface area contributed by atoms with Gasteiger partial charge in [-0.3, -0.25) is 0 Å². The second kappa shape index (κ2) is 10.2. The molecule has 2 N–H and O–H groups in total. The summed E-state index contributed by atoms with van der Waals surface area (Å²) in [6, 6.07) is 14.0. The maximum absolute atomic E-state index is 13.7. The molecule has 4 rings (SSSR count). The van der Waals surface area contributed by atoms with Gasteiger partial charge in [0.15, 0.2) is 0 Å². The van der Waals surface area contributed by atoms with Crippen molar-refractivity contribution in [3.8, 4) is 11.5 Å². The van der Waals surface area contributed by atoms with Gasteiger partial charge in [0.25, 0.3) is 0 Å². The van der Waals surface area contributed by atoms with Gasteiger partial charge in [-0.15, -0.1) is 0 Å². The maximum atomic E-state index is 13.7. The van der Waals surface area contributed by atoms with Crippen molar-refractivity contribution in [2.24, 2.45) is 0 Å². The zero-order chi connectivity index (χ0) is 24.1. The first-order valence-electron chi connectivity index (χ1n) is 11.3. The molecule has 1 saturated carbocycles. The number of nitrogens with zero attached hydrogens (tertiary/aromatic N) is 2. The average molecular weight is 473 g/mol. The standard InChI is InChI=1S/C25H27F3N4O2/c1-16(2)33-19-13-11-17(12-14-19)30-24-29-15-20(25(26,27)28)23(32-24)31-21-9-5-6-10-22(21)34-18-7-3-4-8-18/h5-6,9-16,18H,3-4,7-8H2,1-2H3,(H2,29,30,31,32). The molecular formula is C25H27F3N4O2. The van der Waals surface area contributed by atoms with Crippen LogP contribution in [0.5, 0.6) is 11.5 Å². The lowest BCUT2D eigenvalue weighted by atomic mass is 10.2. The van der Waals surface area contributed by atoms with Gasteiger partial charge in [-0.2, -0.15) is 18.2 Å². The zero-order valence-electron chi connectivity index (χ0n) is 19.0. The predicted molar refractivity (Wildman–Crippen MR) is 125 cm³/mol. The molecule has 0 unspecified atom stereocenters. The summed E-state index contributed by atoms with van der Waals surface area (Å²) in [5, 5.41) is 5.77. The molecule has 6 nitrogen and oxygen atoms in total. The van der Waals surface area contributed by atoms with Crippen LogP contribution >= 0.6 is 0 Å². The highest BCUT2D eigenvalue weighted by Crippen LogP contribution is 2.38. The van der Waals surface area contributed by atoms with Gasteiger partial charge in [0.2, 0.25) is 5.95 Å². The van der Waals surface area contributed by atoms with Crippen LogP contribution in [0.4, 0.5) is 36.3 Å². The molecule has 2 aromatic carbocycles. The lowest BCUT2D eigenvalue weighted by Gasteiger charge is -2.19. The summed E-state index contributed by atoms with van der Waals surface area (Å²) in [7, 11) is 0. The quantitative estimate of drug-likeness (QED) is 0.365. The first-order chi connectivity index (χ1) is 16.3.